The molecule has 3 amide bonds. The summed E-state index contributed by atoms with van der Waals surface area (Å²) in [7, 11) is 1.76. The lowest BCUT2D eigenvalue weighted by Crippen LogP contribution is -2.44. The van der Waals surface area contributed by atoms with E-state index in [1.54, 1.807) is 24.1 Å². The van der Waals surface area contributed by atoms with Crippen LogP contribution in [0.5, 0.6) is 0 Å². The maximum atomic E-state index is 12.8. The Morgan fingerprint density at radius 2 is 1.86 bits per heavy atom. The molecule has 6 heteroatoms. The van der Waals surface area contributed by atoms with Crippen LogP contribution in [-0.4, -0.2) is 37.0 Å². The van der Waals surface area contributed by atoms with Crippen LogP contribution in [0.3, 0.4) is 0 Å². The lowest BCUT2D eigenvalue weighted by Gasteiger charge is -2.16. The van der Waals surface area contributed by atoms with Crippen molar-refractivity contribution in [1.29, 1.82) is 0 Å². The molecule has 1 rings (SSSR count). The number of carbonyl (C=O) groups excluding carboxylic acids is 2. The largest absolute Gasteiger partial charge is 0.338 e. The zero-order valence-electron chi connectivity index (χ0n) is 12.6. The third-order valence-electron chi connectivity index (χ3n) is 2.70. The highest BCUT2D eigenvalue weighted by atomic mass is 19.1. The molecule has 0 aliphatic rings. The highest BCUT2D eigenvalue weighted by molar-refractivity contribution is 5.95. The van der Waals surface area contributed by atoms with Crippen LogP contribution in [0.25, 0.3) is 0 Å². The number of hydrogen-bond donors (Lipinski definition) is 2. The van der Waals surface area contributed by atoms with Crippen molar-refractivity contribution in [2.75, 3.05) is 20.1 Å². The Bertz CT molecular complexity index is 474. The Kier molecular flexibility index (Phi) is 6.81. The van der Waals surface area contributed by atoms with Crippen molar-refractivity contribution < 1.29 is 14.0 Å². The molecule has 1 aromatic rings. The molecule has 0 bridgehead atoms. The van der Waals surface area contributed by atoms with E-state index in [1.807, 2.05) is 13.8 Å². The van der Waals surface area contributed by atoms with E-state index in [4.69, 9.17) is 0 Å². The van der Waals surface area contributed by atoms with E-state index in [1.165, 1.54) is 12.1 Å². The summed E-state index contributed by atoms with van der Waals surface area (Å²) in [6, 6.07) is 5.60. The molecule has 0 aliphatic carbocycles. The van der Waals surface area contributed by atoms with E-state index < -0.39 is 6.03 Å². The molecule has 0 spiro atoms. The molecule has 0 atom stereocenters. The minimum Gasteiger partial charge on any atom is -0.338 e. The second-order valence-corrected chi connectivity index (χ2v) is 5.45. The number of urea groups is 1. The number of imide groups is 1. The summed E-state index contributed by atoms with van der Waals surface area (Å²) in [5, 5.41) is 4.88. The third kappa shape index (κ3) is 7.41. The van der Waals surface area contributed by atoms with Gasteiger partial charge in [0, 0.05) is 13.1 Å². The number of nitrogens with one attached hydrogen (secondary N) is 2. The quantitative estimate of drug-likeness (QED) is 0.840. The first-order valence-corrected chi connectivity index (χ1v) is 6.87. The first kappa shape index (κ1) is 17.1. The van der Waals surface area contributed by atoms with Crippen LogP contribution in [0.4, 0.5) is 9.18 Å². The summed E-state index contributed by atoms with van der Waals surface area (Å²) in [4.78, 5) is 24.9. The second kappa shape index (κ2) is 8.36. The number of likely N-dealkylation sites (N-methyl/N-ethyl adjacent to an activating group) is 1. The van der Waals surface area contributed by atoms with Crippen molar-refractivity contribution >= 4 is 11.9 Å². The van der Waals surface area contributed by atoms with Crippen molar-refractivity contribution in [2.45, 2.75) is 20.4 Å². The number of carbonyl (C=O) groups is 2. The van der Waals surface area contributed by atoms with E-state index in [-0.39, 0.29) is 18.3 Å². The Hall–Kier alpha value is -1.95. The van der Waals surface area contributed by atoms with E-state index in [9.17, 15) is 14.0 Å². The van der Waals surface area contributed by atoms with E-state index in [0.717, 1.165) is 5.56 Å². The summed E-state index contributed by atoms with van der Waals surface area (Å²) in [5.41, 5.74) is 0.899. The molecule has 0 aliphatic heterocycles. The smallest absolute Gasteiger partial charge is 0.321 e. The molecular weight excluding hydrogens is 273 g/mol. The minimum atomic E-state index is -0.483. The van der Waals surface area contributed by atoms with Crippen molar-refractivity contribution in [3.05, 3.63) is 35.6 Å². The maximum Gasteiger partial charge on any atom is 0.321 e. The molecule has 2 N–H and O–H groups in total. The molecule has 0 aromatic heterocycles. The van der Waals surface area contributed by atoms with Gasteiger partial charge >= 0.3 is 6.03 Å². The molecule has 0 saturated carbocycles. The first-order valence-electron chi connectivity index (χ1n) is 6.87. The van der Waals surface area contributed by atoms with Gasteiger partial charge in [0.15, 0.2) is 0 Å². The van der Waals surface area contributed by atoms with Gasteiger partial charge in [0.25, 0.3) is 0 Å². The maximum absolute atomic E-state index is 12.8. The average Bonchev–Trinajstić information content (AvgIpc) is 2.38. The van der Waals surface area contributed by atoms with Crippen LogP contribution in [0.2, 0.25) is 0 Å². The lowest BCUT2D eigenvalue weighted by molar-refractivity contribution is -0.120. The highest BCUT2D eigenvalue weighted by Gasteiger charge is 2.11. The SMILES string of the molecule is CC(C)CNC(=O)NC(=O)CN(C)Cc1ccc(F)cc1. The Balaban J connectivity index is 2.33. The van der Waals surface area contributed by atoms with Gasteiger partial charge < -0.3 is 5.32 Å². The highest BCUT2D eigenvalue weighted by Crippen LogP contribution is 2.05. The molecule has 0 radical (unpaired) electrons. The van der Waals surface area contributed by atoms with Gasteiger partial charge in [-0.05, 0) is 30.7 Å². The molecule has 1 aromatic carbocycles. The number of rotatable bonds is 6. The van der Waals surface area contributed by atoms with Crippen LogP contribution in [0.15, 0.2) is 24.3 Å². The predicted octanol–water partition coefficient (Wildman–Crippen LogP) is 1.74. The zero-order chi connectivity index (χ0) is 15.8. The van der Waals surface area contributed by atoms with Crippen LogP contribution in [0, 0.1) is 11.7 Å². The van der Waals surface area contributed by atoms with E-state index in [0.29, 0.717) is 19.0 Å². The average molecular weight is 295 g/mol. The van der Waals surface area contributed by atoms with Crippen molar-refractivity contribution in [3.63, 3.8) is 0 Å². The fraction of sp³-hybridized carbons (Fsp3) is 0.467. The molecule has 116 valence electrons. The molecule has 0 heterocycles. The lowest BCUT2D eigenvalue weighted by atomic mass is 10.2. The van der Waals surface area contributed by atoms with Gasteiger partial charge in [-0.1, -0.05) is 26.0 Å². The summed E-state index contributed by atoms with van der Waals surface area (Å²) in [6.07, 6.45) is 0. The summed E-state index contributed by atoms with van der Waals surface area (Å²) < 4.78 is 12.8. The molecule has 0 fully saturated rings. The van der Waals surface area contributed by atoms with Crippen molar-refractivity contribution in [1.82, 2.24) is 15.5 Å². The predicted molar refractivity (Wildman–Crippen MR) is 79.1 cm³/mol. The van der Waals surface area contributed by atoms with Gasteiger partial charge in [0.1, 0.15) is 5.82 Å². The molecular formula is C15H22FN3O2. The fourth-order valence-electron chi connectivity index (χ4n) is 1.71. The number of benzene rings is 1. The number of amides is 3. The monoisotopic (exact) mass is 295 g/mol. The van der Waals surface area contributed by atoms with Gasteiger partial charge in [-0.3, -0.25) is 15.0 Å². The topological polar surface area (TPSA) is 61.4 Å². The molecule has 21 heavy (non-hydrogen) atoms. The van der Waals surface area contributed by atoms with Gasteiger partial charge in [-0.15, -0.1) is 0 Å². The Labute approximate surface area is 124 Å². The molecule has 0 saturated heterocycles. The summed E-state index contributed by atoms with van der Waals surface area (Å²) in [6.45, 7) is 5.05. The van der Waals surface area contributed by atoms with Gasteiger partial charge in [0.2, 0.25) is 5.91 Å². The van der Waals surface area contributed by atoms with Crippen LogP contribution in [-0.2, 0) is 11.3 Å². The number of hydrogen-bond acceptors (Lipinski definition) is 3. The summed E-state index contributed by atoms with van der Waals surface area (Å²) >= 11 is 0. The van der Waals surface area contributed by atoms with Crippen molar-refractivity contribution in [3.8, 4) is 0 Å². The first-order chi connectivity index (χ1) is 9.86. The van der Waals surface area contributed by atoms with E-state index in [2.05, 4.69) is 10.6 Å². The van der Waals surface area contributed by atoms with Gasteiger partial charge in [0.05, 0.1) is 6.54 Å². The second-order valence-electron chi connectivity index (χ2n) is 5.45. The van der Waals surface area contributed by atoms with Gasteiger partial charge in [-0.25, -0.2) is 9.18 Å². The third-order valence-corrected chi connectivity index (χ3v) is 2.70. The van der Waals surface area contributed by atoms with Gasteiger partial charge in [-0.2, -0.15) is 0 Å². The van der Waals surface area contributed by atoms with E-state index >= 15 is 0 Å². The fourth-order valence-corrected chi connectivity index (χ4v) is 1.71. The standard InChI is InChI=1S/C15H22FN3O2/c1-11(2)8-17-15(21)18-14(20)10-19(3)9-12-4-6-13(16)7-5-12/h4-7,11H,8-10H2,1-3H3,(H2,17,18,20,21). The minimum absolute atomic E-state index is 0.0898. The van der Waals surface area contributed by atoms with Crippen LogP contribution < -0.4 is 10.6 Å². The Morgan fingerprint density at radius 3 is 2.43 bits per heavy atom. The molecule has 5 nitrogen and oxygen atoms in total. The molecule has 0 unspecified atom stereocenters. The normalized spacial score (nSPS) is 10.8. The summed E-state index contributed by atoms with van der Waals surface area (Å²) in [5.74, 6) is -0.339. The van der Waals surface area contributed by atoms with Crippen LogP contribution >= 0.6 is 0 Å². The van der Waals surface area contributed by atoms with Crippen molar-refractivity contribution in [2.24, 2.45) is 5.92 Å². The zero-order valence-corrected chi connectivity index (χ0v) is 12.6. The van der Waals surface area contributed by atoms with Crippen LogP contribution in [0.1, 0.15) is 19.4 Å². The Morgan fingerprint density at radius 1 is 1.24 bits per heavy atom. The number of nitrogens with zero attached hydrogens (tertiary/aromatic N) is 1. The number of halogens is 1.